The van der Waals surface area contributed by atoms with Crippen molar-refractivity contribution in [2.45, 2.75) is 40.0 Å². The van der Waals surface area contributed by atoms with E-state index in [4.69, 9.17) is 9.47 Å². The third-order valence-corrected chi connectivity index (χ3v) is 4.49. The van der Waals surface area contributed by atoms with Crippen LogP contribution in [0.15, 0.2) is 60.8 Å². The van der Waals surface area contributed by atoms with E-state index in [2.05, 4.69) is 0 Å². The second-order valence-electron chi connectivity index (χ2n) is 7.07. The Balaban J connectivity index is 2.12. The number of rotatable bonds is 11. The van der Waals surface area contributed by atoms with Gasteiger partial charge in [-0.05, 0) is 42.7 Å². The van der Waals surface area contributed by atoms with Gasteiger partial charge in [0.15, 0.2) is 5.78 Å². The van der Waals surface area contributed by atoms with Crippen LogP contribution in [-0.4, -0.2) is 35.7 Å². The lowest BCUT2D eigenvalue weighted by Crippen LogP contribution is -2.23. The number of ketones is 1. The van der Waals surface area contributed by atoms with Crippen molar-refractivity contribution in [1.29, 1.82) is 0 Å². The number of amides is 1. The Hall–Kier alpha value is -3.41. The number of esters is 1. The molecule has 2 rings (SSSR count). The van der Waals surface area contributed by atoms with Crippen LogP contribution in [0.5, 0.6) is 11.5 Å². The van der Waals surface area contributed by atoms with Crippen LogP contribution in [0.25, 0.3) is 0 Å². The topological polar surface area (TPSA) is 72.9 Å². The molecule has 0 N–H and O–H groups in total. The lowest BCUT2D eigenvalue weighted by molar-refractivity contribution is -0.132. The predicted octanol–water partition coefficient (Wildman–Crippen LogP) is 4.58. The van der Waals surface area contributed by atoms with E-state index in [0.717, 1.165) is 12.0 Å². The van der Waals surface area contributed by atoms with Gasteiger partial charge in [-0.2, -0.15) is 0 Å². The molecule has 0 aliphatic carbocycles. The Bertz CT molecular complexity index is 921. The van der Waals surface area contributed by atoms with Crippen LogP contribution in [0.4, 0.5) is 0 Å². The molecule has 0 aliphatic rings. The first-order valence-electron chi connectivity index (χ1n) is 10.4. The van der Waals surface area contributed by atoms with Gasteiger partial charge in [0.2, 0.25) is 5.91 Å². The Morgan fingerprint density at radius 1 is 1.03 bits per heavy atom. The summed E-state index contributed by atoms with van der Waals surface area (Å²) in [6.07, 6.45) is 5.17. The van der Waals surface area contributed by atoms with E-state index >= 15 is 0 Å². The number of aryl methyl sites for hydroxylation is 1. The highest BCUT2D eigenvalue weighted by Crippen LogP contribution is 2.26. The van der Waals surface area contributed by atoms with Gasteiger partial charge in [0, 0.05) is 33.0 Å². The number of Topliss-reactive ketones (excluding diaryl/α,β-unsaturated/α-hetero) is 1. The molecule has 2 aromatic rings. The minimum atomic E-state index is -0.459. The maximum absolute atomic E-state index is 12.9. The highest BCUT2D eigenvalue weighted by Gasteiger charge is 2.15. The van der Waals surface area contributed by atoms with Crippen LogP contribution >= 0.6 is 0 Å². The molecule has 0 heterocycles. The molecule has 0 radical (unpaired) electrons. The van der Waals surface area contributed by atoms with Crippen LogP contribution in [0, 0.1) is 0 Å². The monoisotopic (exact) mass is 423 g/mol. The molecule has 1 amide bonds. The number of carbonyl (C=O) groups excluding carboxylic acids is 3. The van der Waals surface area contributed by atoms with Crippen molar-refractivity contribution in [2.75, 3.05) is 13.2 Å². The van der Waals surface area contributed by atoms with Crippen LogP contribution < -0.4 is 9.47 Å². The van der Waals surface area contributed by atoms with E-state index in [1.807, 2.05) is 37.3 Å². The summed E-state index contributed by atoms with van der Waals surface area (Å²) in [6.45, 7) is 5.64. The van der Waals surface area contributed by atoms with Crippen LogP contribution in [0.2, 0.25) is 0 Å². The van der Waals surface area contributed by atoms with Crippen molar-refractivity contribution >= 4 is 17.7 Å². The summed E-state index contributed by atoms with van der Waals surface area (Å²) in [5, 5.41) is 0. The molecule has 0 atom stereocenters. The van der Waals surface area contributed by atoms with Gasteiger partial charge < -0.3 is 14.4 Å². The first-order chi connectivity index (χ1) is 14.9. The minimum absolute atomic E-state index is 0.0411. The van der Waals surface area contributed by atoms with Crippen LogP contribution in [-0.2, 0) is 16.0 Å². The molecule has 0 aliphatic heterocycles. The fraction of sp³-hybridized carbons (Fsp3) is 0.320. The first-order valence-corrected chi connectivity index (χ1v) is 10.4. The van der Waals surface area contributed by atoms with Gasteiger partial charge in [-0.15, -0.1) is 0 Å². The highest BCUT2D eigenvalue weighted by molar-refractivity contribution is 5.99. The van der Waals surface area contributed by atoms with Crippen molar-refractivity contribution in [3.05, 3.63) is 71.9 Å². The molecule has 0 unspecified atom stereocenters. The van der Waals surface area contributed by atoms with E-state index in [9.17, 15) is 14.4 Å². The molecule has 0 fully saturated rings. The van der Waals surface area contributed by atoms with E-state index in [0.29, 0.717) is 36.4 Å². The van der Waals surface area contributed by atoms with Gasteiger partial charge in [0.25, 0.3) is 0 Å². The van der Waals surface area contributed by atoms with Crippen molar-refractivity contribution < 1.29 is 23.9 Å². The lowest BCUT2D eigenvalue weighted by Gasteiger charge is -2.15. The molecule has 0 saturated carbocycles. The quantitative estimate of drug-likeness (QED) is 0.301. The maximum atomic E-state index is 12.9. The average molecular weight is 424 g/mol. The van der Waals surface area contributed by atoms with Gasteiger partial charge in [-0.25, -0.2) is 0 Å². The number of carbonyl (C=O) groups is 3. The fourth-order valence-corrected chi connectivity index (χ4v) is 3.01. The summed E-state index contributed by atoms with van der Waals surface area (Å²) in [5.41, 5.74) is 1.43. The summed E-state index contributed by atoms with van der Waals surface area (Å²) in [4.78, 5) is 37.4. The molecule has 164 valence electrons. The average Bonchev–Trinajstić information content (AvgIpc) is 2.75. The van der Waals surface area contributed by atoms with E-state index in [1.165, 1.54) is 19.9 Å². The fourth-order valence-electron chi connectivity index (χ4n) is 3.01. The maximum Gasteiger partial charge on any atom is 0.308 e. The molecule has 0 saturated heterocycles. The number of hydrogen-bond donors (Lipinski definition) is 0. The zero-order valence-corrected chi connectivity index (χ0v) is 18.3. The minimum Gasteiger partial charge on any atom is -0.489 e. The van der Waals surface area contributed by atoms with Crippen molar-refractivity contribution in [3.8, 4) is 11.5 Å². The smallest absolute Gasteiger partial charge is 0.308 e. The lowest BCUT2D eigenvalue weighted by atomic mass is 10.0. The van der Waals surface area contributed by atoms with Gasteiger partial charge >= 0.3 is 5.97 Å². The largest absolute Gasteiger partial charge is 0.489 e. The summed E-state index contributed by atoms with van der Waals surface area (Å²) >= 11 is 0. The molecule has 31 heavy (non-hydrogen) atoms. The second-order valence-corrected chi connectivity index (χ2v) is 7.07. The zero-order chi connectivity index (χ0) is 22.6. The molecule has 0 spiro atoms. The Morgan fingerprint density at radius 3 is 2.42 bits per heavy atom. The first kappa shape index (κ1) is 23.9. The van der Waals surface area contributed by atoms with Crippen LogP contribution in [0.3, 0.4) is 0 Å². The van der Waals surface area contributed by atoms with Crippen LogP contribution in [0.1, 0.15) is 49.5 Å². The molecule has 2 aromatic carbocycles. The Kier molecular flexibility index (Phi) is 9.49. The Morgan fingerprint density at radius 2 is 1.77 bits per heavy atom. The molecule has 0 aromatic heterocycles. The zero-order valence-electron chi connectivity index (χ0n) is 18.3. The van der Waals surface area contributed by atoms with Gasteiger partial charge in [0.05, 0.1) is 5.56 Å². The van der Waals surface area contributed by atoms with E-state index in [-0.39, 0.29) is 18.3 Å². The number of benzene rings is 2. The normalized spacial score (nSPS) is 10.7. The number of nitrogens with zero attached hydrogens (tertiary/aromatic N) is 1. The standard InChI is InChI=1S/C25H29NO5/c1-4-15-26(19(2)27)16-8-17-30-25-14-12-22(31-20(3)28)18-23(25)24(29)13-11-21-9-6-5-7-10-21/h5-10,12,14,16,18H,4,11,13,15,17H2,1-3H3/b16-8-. The predicted molar refractivity (Wildman–Crippen MR) is 119 cm³/mol. The summed E-state index contributed by atoms with van der Waals surface area (Å²) in [5.74, 6) is 0.0981. The Labute approximate surface area is 183 Å². The summed E-state index contributed by atoms with van der Waals surface area (Å²) < 4.78 is 10.9. The van der Waals surface area contributed by atoms with Gasteiger partial charge in [-0.1, -0.05) is 37.3 Å². The van der Waals surface area contributed by atoms with Gasteiger partial charge in [0.1, 0.15) is 18.1 Å². The van der Waals surface area contributed by atoms with Crippen molar-refractivity contribution in [3.63, 3.8) is 0 Å². The summed E-state index contributed by atoms with van der Waals surface area (Å²) in [7, 11) is 0. The molecule has 6 nitrogen and oxygen atoms in total. The molecule has 6 heteroatoms. The SMILES string of the molecule is CCCN(/C=C\COc1ccc(OC(C)=O)cc1C(=O)CCc1ccccc1)C(C)=O. The molecule has 0 bridgehead atoms. The summed E-state index contributed by atoms with van der Waals surface area (Å²) in [6, 6.07) is 14.5. The third-order valence-electron chi connectivity index (χ3n) is 4.49. The third kappa shape index (κ3) is 8.09. The number of hydrogen-bond acceptors (Lipinski definition) is 5. The van der Waals surface area contributed by atoms with E-state index < -0.39 is 5.97 Å². The van der Waals surface area contributed by atoms with Gasteiger partial charge in [-0.3, -0.25) is 14.4 Å². The van der Waals surface area contributed by atoms with Crippen molar-refractivity contribution in [2.24, 2.45) is 0 Å². The van der Waals surface area contributed by atoms with Crippen molar-refractivity contribution in [1.82, 2.24) is 4.90 Å². The van der Waals surface area contributed by atoms with E-state index in [1.54, 1.807) is 29.3 Å². The number of ether oxygens (including phenoxy) is 2. The molecular formula is C25H29NO5. The highest BCUT2D eigenvalue weighted by atomic mass is 16.5. The second kappa shape index (κ2) is 12.3. The molecular weight excluding hydrogens is 394 g/mol.